The lowest BCUT2D eigenvalue weighted by Gasteiger charge is -2.33. The van der Waals surface area contributed by atoms with Crippen LogP contribution < -0.4 is 4.90 Å². The van der Waals surface area contributed by atoms with Crippen molar-refractivity contribution in [2.24, 2.45) is 0 Å². The van der Waals surface area contributed by atoms with Crippen molar-refractivity contribution in [2.75, 3.05) is 18.0 Å². The van der Waals surface area contributed by atoms with Crippen molar-refractivity contribution in [1.82, 2.24) is 0 Å². The normalized spacial score (nSPS) is 17.2. The highest BCUT2D eigenvalue weighted by Gasteiger charge is 2.20. The maximum absolute atomic E-state index is 10.2. The number of para-hydroxylation sites is 1. The first-order chi connectivity index (χ1) is 7.81. The summed E-state index contributed by atoms with van der Waals surface area (Å²) in [7, 11) is 0. The van der Waals surface area contributed by atoms with Crippen LogP contribution in [0.15, 0.2) is 24.3 Å². The number of rotatable bonds is 3. The molecule has 1 saturated heterocycles. The van der Waals surface area contributed by atoms with Crippen molar-refractivity contribution in [2.45, 2.75) is 25.9 Å². The second-order valence-corrected chi connectivity index (χ2v) is 4.21. The van der Waals surface area contributed by atoms with Crippen molar-refractivity contribution in [3.05, 3.63) is 29.8 Å². The smallest absolute Gasteiger partial charge is 0.293 e. The van der Waals surface area contributed by atoms with Gasteiger partial charge in [0.1, 0.15) is 6.10 Å². The Labute approximate surface area is 96.0 Å². The molecule has 3 heteroatoms. The highest BCUT2D eigenvalue weighted by molar-refractivity contribution is 5.53. The van der Waals surface area contributed by atoms with E-state index in [1.165, 1.54) is 11.3 Å². The minimum Gasteiger partial charge on any atom is -0.464 e. The van der Waals surface area contributed by atoms with Crippen molar-refractivity contribution in [1.29, 1.82) is 0 Å². The van der Waals surface area contributed by atoms with Crippen LogP contribution in [0.4, 0.5) is 5.69 Å². The highest BCUT2D eigenvalue weighted by atomic mass is 16.5. The van der Waals surface area contributed by atoms with E-state index in [1.807, 2.05) is 0 Å². The van der Waals surface area contributed by atoms with Gasteiger partial charge in [0.15, 0.2) is 0 Å². The van der Waals surface area contributed by atoms with Gasteiger partial charge in [-0.25, -0.2) is 0 Å². The van der Waals surface area contributed by atoms with E-state index in [1.54, 1.807) is 0 Å². The summed E-state index contributed by atoms with van der Waals surface area (Å²) in [5.41, 5.74) is 2.60. The van der Waals surface area contributed by atoms with Gasteiger partial charge in [0.25, 0.3) is 6.47 Å². The minimum atomic E-state index is 0.109. The second kappa shape index (κ2) is 5.01. The third-order valence-corrected chi connectivity index (χ3v) is 3.15. The average Bonchev–Trinajstić information content (AvgIpc) is 2.31. The number of hydrogen-bond donors (Lipinski definition) is 0. The molecule has 1 fully saturated rings. The van der Waals surface area contributed by atoms with Gasteiger partial charge in [-0.05, 0) is 18.6 Å². The number of carbonyl (C=O) groups is 1. The third kappa shape index (κ3) is 2.35. The Kier molecular flexibility index (Phi) is 3.44. The summed E-state index contributed by atoms with van der Waals surface area (Å²) in [6.45, 7) is 4.62. The van der Waals surface area contributed by atoms with Gasteiger partial charge in [0.2, 0.25) is 0 Å². The zero-order valence-corrected chi connectivity index (χ0v) is 9.56. The van der Waals surface area contributed by atoms with Crippen molar-refractivity contribution >= 4 is 12.2 Å². The molecule has 3 nitrogen and oxygen atoms in total. The second-order valence-electron chi connectivity index (χ2n) is 4.21. The molecule has 0 aliphatic carbocycles. The Morgan fingerprint density at radius 2 is 2.00 bits per heavy atom. The Morgan fingerprint density at radius 3 is 2.62 bits per heavy atom. The highest BCUT2D eigenvalue weighted by Crippen LogP contribution is 2.24. The first-order valence-corrected chi connectivity index (χ1v) is 5.71. The molecule has 0 bridgehead atoms. The largest absolute Gasteiger partial charge is 0.464 e. The van der Waals surface area contributed by atoms with Crippen LogP contribution in [0, 0.1) is 6.92 Å². The summed E-state index contributed by atoms with van der Waals surface area (Å²) in [4.78, 5) is 12.6. The van der Waals surface area contributed by atoms with Gasteiger partial charge < -0.3 is 9.64 Å². The lowest BCUT2D eigenvalue weighted by atomic mass is 10.1. The molecule has 0 N–H and O–H groups in total. The van der Waals surface area contributed by atoms with Crippen LogP contribution >= 0.6 is 0 Å². The number of carbonyl (C=O) groups excluding carboxylic acids is 1. The van der Waals surface area contributed by atoms with Crippen LogP contribution in [0.2, 0.25) is 0 Å². The number of anilines is 1. The van der Waals surface area contributed by atoms with Gasteiger partial charge in [-0.3, -0.25) is 4.79 Å². The van der Waals surface area contributed by atoms with Crippen LogP contribution in [0.5, 0.6) is 0 Å². The molecule has 0 spiro atoms. The van der Waals surface area contributed by atoms with E-state index in [2.05, 4.69) is 36.1 Å². The molecular formula is C13H17NO2. The van der Waals surface area contributed by atoms with Gasteiger partial charge in [-0.15, -0.1) is 0 Å². The summed E-state index contributed by atoms with van der Waals surface area (Å²) in [5.74, 6) is 0. The molecule has 1 aliphatic heterocycles. The quantitative estimate of drug-likeness (QED) is 0.729. The lowest BCUT2D eigenvalue weighted by Crippen LogP contribution is -2.37. The molecule has 1 aromatic carbocycles. The first-order valence-electron chi connectivity index (χ1n) is 5.71. The Bertz CT molecular complexity index is 357. The summed E-state index contributed by atoms with van der Waals surface area (Å²) < 4.78 is 4.99. The number of benzene rings is 1. The predicted octanol–water partition coefficient (Wildman–Crippen LogP) is 2.14. The van der Waals surface area contributed by atoms with Gasteiger partial charge >= 0.3 is 0 Å². The number of hydrogen-bond acceptors (Lipinski definition) is 3. The van der Waals surface area contributed by atoms with Gasteiger partial charge in [0, 0.05) is 31.6 Å². The molecule has 1 heterocycles. The Balaban J connectivity index is 1.99. The molecule has 1 aliphatic rings. The lowest BCUT2D eigenvalue weighted by molar-refractivity contribution is -0.134. The van der Waals surface area contributed by atoms with E-state index in [9.17, 15) is 4.79 Å². The average molecular weight is 219 g/mol. The number of ether oxygens (including phenoxy) is 1. The van der Waals surface area contributed by atoms with Crippen LogP contribution in [0.25, 0.3) is 0 Å². The van der Waals surface area contributed by atoms with E-state index in [-0.39, 0.29) is 6.10 Å². The van der Waals surface area contributed by atoms with Gasteiger partial charge in [-0.1, -0.05) is 18.2 Å². The van der Waals surface area contributed by atoms with E-state index in [4.69, 9.17) is 4.74 Å². The molecule has 1 aromatic rings. The summed E-state index contributed by atoms with van der Waals surface area (Å²) in [6.07, 6.45) is 1.96. The minimum absolute atomic E-state index is 0.109. The fourth-order valence-corrected chi connectivity index (χ4v) is 2.23. The molecule has 16 heavy (non-hydrogen) atoms. The van der Waals surface area contributed by atoms with Gasteiger partial charge in [0.05, 0.1) is 0 Å². The van der Waals surface area contributed by atoms with Crippen LogP contribution in [0.3, 0.4) is 0 Å². The first kappa shape index (κ1) is 11.0. The van der Waals surface area contributed by atoms with Crippen molar-refractivity contribution in [3.63, 3.8) is 0 Å². The summed E-state index contributed by atoms with van der Waals surface area (Å²) in [5, 5.41) is 0. The molecule has 2 rings (SSSR count). The topological polar surface area (TPSA) is 29.5 Å². The van der Waals surface area contributed by atoms with E-state index >= 15 is 0 Å². The van der Waals surface area contributed by atoms with E-state index in [0.29, 0.717) is 6.47 Å². The molecule has 86 valence electrons. The maximum atomic E-state index is 10.2. The number of aryl methyl sites for hydroxylation is 1. The van der Waals surface area contributed by atoms with E-state index in [0.717, 1.165) is 25.9 Å². The monoisotopic (exact) mass is 219 g/mol. The summed E-state index contributed by atoms with van der Waals surface area (Å²) in [6, 6.07) is 8.40. The third-order valence-electron chi connectivity index (χ3n) is 3.15. The molecule has 0 amide bonds. The zero-order valence-electron chi connectivity index (χ0n) is 9.56. The maximum Gasteiger partial charge on any atom is 0.293 e. The van der Waals surface area contributed by atoms with Crippen molar-refractivity contribution < 1.29 is 9.53 Å². The molecule has 0 unspecified atom stereocenters. The predicted molar refractivity (Wildman–Crippen MR) is 63.6 cm³/mol. The van der Waals surface area contributed by atoms with E-state index < -0.39 is 0 Å². The zero-order chi connectivity index (χ0) is 11.4. The molecule has 0 aromatic heterocycles. The SMILES string of the molecule is Cc1ccccc1N1CCC(OC=O)CC1. The number of nitrogens with zero attached hydrogens (tertiary/aromatic N) is 1. The molecule has 0 saturated carbocycles. The molecular weight excluding hydrogens is 202 g/mol. The Hall–Kier alpha value is -1.51. The van der Waals surface area contributed by atoms with Crippen LogP contribution in [-0.2, 0) is 9.53 Å². The fourth-order valence-electron chi connectivity index (χ4n) is 2.23. The van der Waals surface area contributed by atoms with Gasteiger partial charge in [-0.2, -0.15) is 0 Å². The van der Waals surface area contributed by atoms with Crippen LogP contribution in [0.1, 0.15) is 18.4 Å². The summed E-state index contributed by atoms with van der Waals surface area (Å²) >= 11 is 0. The van der Waals surface area contributed by atoms with Crippen molar-refractivity contribution in [3.8, 4) is 0 Å². The molecule has 0 atom stereocenters. The molecule has 0 radical (unpaired) electrons. The van der Waals surface area contributed by atoms with Crippen LogP contribution in [-0.4, -0.2) is 25.7 Å². The Morgan fingerprint density at radius 1 is 1.31 bits per heavy atom. The number of piperidine rings is 1. The fraction of sp³-hybridized carbons (Fsp3) is 0.462. The standard InChI is InChI=1S/C13H17NO2/c1-11-4-2-3-5-13(11)14-8-6-12(7-9-14)16-10-15/h2-5,10,12H,6-9H2,1H3.